The van der Waals surface area contributed by atoms with Gasteiger partial charge in [0, 0.05) is 54.4 Å². The van der Waals surface area contributed by atoms with E-state index in [0.717, 1.165) is 0 Å². The second-order valence-electron chi connectivity index (χ2n) is 16.5. The SMILES string of the molecule is O=C(O)C[C@H]1CCC(=O)[C@@H]1C(=O)/C=C\CCO[C@H]1O[C@@H](CC(=O)CNC(=O)CNC(=O)CNC(=O)C[C@@H]2SC[C@@H]3NC(=O)N[C@@H]32)[C@@H](O)[C@@H](O)[C@@H]1NCc1ccc(C(=O)c2ccccc2)cc1. The highest BCUT2D eigenvalue weighted by Gasteiger charge is 2.46. The molecule has 3 saturated heterocycles. The number of aliphatic hydroxyl groups excluding tert-OH is 2. The second kappa shape index (κ2) is 23.6. The summed E-state index contributed by atoms with van der Waals surface area (Å²) >= 11 is 1.54. The van der Waals surface area contributed by atoms with E-state index in [4.69, 9.17) is 9.47 Å². The zero-order valence-electron chi connectivity index (χ0n) is 35.9. The molecule has 0 spiro atoms. The number of aliphatic carboxylic acids is 1. The molecule has 0 unspecified atom stereocenters. The van der Waals surface area contributed by atoms with E-state index in [1.54, 1.807) is 60.3 Å². The number of aliphatic hydroxyl groups is 2. The molecule has 1 saturated carbocycles. The van der Waals surface area contributed by atoms with Crippen molar-refractivity contribution in [1.29, 1.82) is 0 Å². The van der Waals surface area contributed by atoms with Crippen LogP contribution in [0.4, 0.5) is 4.79 Å². The molecule has 354 valence electrons. The summed E-state index contributed by atoms with van der Waals surface area (Å²) in [6.07, 6.45) is -3.05. The van der Waals surface area contributed by atoms with Gasteiger partial charge in [0.2, 0.25) is 17.7 Å². The summed E-state index contributed by atoms with van der Waals surface area (Å²) < 4.78 is 12.0. The summed E-state index contributed by atoms with van der Waals surface area (Å²) in [6.45, 7) is -1.35. The van der Waals surface area contributed by atoms with E-state index in [2.05, 4.69) is 31.9 Å². The van der Waals surface area contributed by atoms with E-state index >= 15 is 0 Å². The Kier molecular flexibility index (Phi) is 17.7. The predicted molar refractivity (Wildman–Crippen MR) is 235 cm³/mol. The van der Waals surface area contributed by atoms with Crippen LogP contribution in [0.25, 0.3) is 0 Å². The number of carboxylic acid groups (broad SMARTS) is 1. The van der Waals surface area contributed by atoms with Gasteiger partial charge in [0.25, 0.3) is 0 Å². The summed E-state index contributed by atoms with van der Waals surface area (Å²) in [4.78, 5) is 111. The fourth-order valence-electron chi connectivity index (χ4n) is 8.33. The topological polar surface area (TPSA) is 305 Å². The number of hydrogen-bond acceptors (Lipinski definition) is 15. The lowest BCUT2D eigenvalue weighted by Crippen LogP contribution is -2.63. The van der Waals surface area contributed by atoms with Gasteiger partial charge in [-0.3, -0.25) is 38.4 Å². The van der Waals surface area contributed by atoms with E-state index in [1.165, 1.54) is 12.2 Å². The standard InChI is InChI=1S/C45H54N6O14S/c52-28(20-46-35(56)22-48-36(57)21-47-34(55)18-33-39-29(23-66-33)50-45(63)51-39)17-32-42(61)43(62)40(49-19-24-9-11-26(12-10-24)41(60)25-6-2-1-3-7-25)44(65-32)64-15-5-4-8-30(53)38-27(16-37(58)59)13-14-31(38)54/h1-4,6-12,27,29,32-33,38-40,42-44,49,61-62H,5,13-23H2,(H,46,56)(H,47,55)(H,48,57)(H,58,59)(H2,50,51,63)/b8-4-/t27-,29+,32+,33+,38+,39+,40+,42-,43+,44+/m1/s1. The van der Waals surface area contributed by atoms with Crippen molar-refractivity contribution in [2.45, 2.75) is 93.0 Å². The highest BCUT2D eigenvalue weighted by atomic mass is 32.2. The molecule has 3 aliphatic heterocycles. The lowest BCUT2D eigenvalue weighted by Gasteiger charge is -2.43. The van der Waals surface area contributed by atoms with E-state index in [9.17, 15) is 58.5 Å². The van der Waals surface area contributed by atoms with E-state index in [1.807, 2.05) is 6.07 Å². The number of allylic oxidation sites excluding steroid dienone is 1. The van der Waals surface area contributed by atoms with Gasteiger partial charge in [-0.15, -0.1) is 0 Å². The van der Waals surface area contributed by atoms with E-state index < -0.39 is 104 Å². The number of Topliss-reactive ketones (excluding diaryl/α,β-unsaturated/α-hetero) is 2. The van der Waals surface area contributed by atoms with Crippen molar-refractivity contribution in [3.63, 3.8) is 0 Å². The van der Waals surface area contributed by atoms with Gasteiger partial charge in [0.15, 0.2) is 23.6 Å². The average molecular weight is 935 g/mol. The number of thioether (sulfide) groups is 1. The lowest BCUT2D eigenvalue weighted by atomic mass is 9.88. The van der Waals surface area contributed by atoms with Crippen LogP contribution in [0.3, 0.4) is 0 Å². The first-order valence-corrected chi connectivity index (χ1v) is 22.7. The van der Waals surface area contributed by atoms with Crippen LogP contribution >= 0.6 is 11.8 Å². The van der Waals surface area contributed by atoms with Crippen LogP contribution in [0.2, 0.25) is 0 Å². The number of carboxylic acids is 1. The second-order valence-corrected chi connectivity index (χ2v) is 17.8. The minimum Gasteiger partial charge on any atom is -0.481 e. The van der Waals surface area contributed by atoms with Gasteiger partial charge < -0.3 is 56.7 Å². The molecule has 21 heteroatoms. The van der Waals surface area contributed by atoms with Gasteiger partial charge in [0.1, 0.15) is 18.0 Å². The van der Waals surface area contributed by atoms with Crippen molar-refractivity contribution in [1.82, 2.24) is 31.9 Å². The molecule has 1 aliphatic carbocycles. The molecule has 3 heterocycles. The third-order valence-electron chi connectivity index (χ3n) is 11.8. The number of amides is 5. The first-order chi connectivity index (χ1) is 31.7. The van der Waals surface area contributed by atoms with Gasteiger partial charge in [-0.05, 0) is 30.4 Å². The van der Waals surface area contributed by atoms with Crippen molar-refractivity contribution in [2.24, 2.45) is 11.8 Å². The lowest BCUT2D eigenvalue weighted by molar-refractivity contribution is -0.264. The number of ether oxygens (including phenoxy) is 2. The molecular formula is C45H54N6O14S. The Labute approximate surface area is 383 Å². The summed E-state index contributed by atoms with van der Waals surface area (Å²) in [5, 5.41) is 47.5. The van der Waals surface area contributed by atoms with Crippen molar-refractivity contribution >= 4 is 64.6 Å². The van der Waals surface area contributed by atoms with Crippen LogP contribution in [-0.4, -0.2) is 148 Å². The van der Waals surface area contributed by atoms with Crippen molar-refractivity contribution < 1.29 is 67.9 Å². The van der Waals surface area contributed by atoms with Gasteiger partial charge in [-0.2, -0.15) is 11.8 Å². The van der Waals surface area contributed by atoms with Crippen LogP contribution in [0, 0.1) is 11.8 Å². The van der Waals surface area contributed by atoms with E-state index in [0.29, 0.717) is 28.9 Å². The van der Waals surface area contributed by atoms with Gasteiger partial charge in [0.05, 0.1) is 56.4 Å². The summed E-state index contributed by atoms with van der Waals surface area (Å²) in [5.74, 6) is -5.36. The molecule has 6 rings (SSSR count). The Morgan fingerprint density at radius 2 is 1.50 bits per heavy atom. The molecule has 5 amide bonds. The predicted octanol–water partition coefficient (Wildman–Crippen LogP) is -0.712. The Morgan fingerprint density at radius 1 is 0.818 bits per heavy atom. The minimum atomic E-state index is -1.59. The summed E-state index contributed by atoms with van der Waals surface area (Å²) in [6, 6.07) is 14.0. The zero-order chi connectivity index (χ0) is 47.3. The number of ketones is 4. The maximum Gasteiger partial charge on any atom is 0.315 e. The number of nitrogens with one attached hydrogen (secondary N) is 6. The summed E-state index contributed by atoms with van der Waals surface area (Å²) in [7, 11) is 0. The molecule has 4 aliphatic rings. The number of fused-ring (bicyclic) bond motifs is 1. The smallest absolute Gasteiger partial charge is 0.315 e. The zero-order valence-corrected chi connectivity index (χ0v) is 36.7. The first-order valence-electron chi connectivity index (χ1n) is 21.7. The van der Waals surface area contributed by atoms with Gasteiger partial charge >= 0.3 is 12.0 Å². The molecule has 0 aromatic heterocycles. The molecule has 0 bridgehead atoms. The monoisotopic (exact) mass is 934 g/mol. The molecule has 20 nitrogen and oxygen atoms in total. The Bertz CT molecular complexity index is 2160. The van der Waals surface area contributed by atoms with Gasteiger partial charge in [-0.1, -0.05) is 60.7 Å². The maximum atomic E-state index is 13.0. The van der Waals surface area contributed by atoms with E-state index in [-0.39, 0.29) is 73.8 Å². The average Bonchev–Trinajstić information content (AvgIpc) is 3.98. The molecule has 10 atom stereocenters. The van der Waals surface area contributed by atoms with Crippen LogP contribution in [0.1, 0.15) is 60.0 Å². The molecule has 66 heavy (non-hydrogen) atoms. The number of urea groups is 1. The fraction of sp³-hybridized carbons (Fsp3) is 0.489. The number of rotatable bonds is 23. The van der Waals surface area contributed by atoms with Gasteiger partial charge in [-0.25, -0.2) is 4.79 Å². The third-order valence-corrected chi connectivity index (χ3v) is 13.2. The minimum absolute atomic E-state index is 0.0611. The largest absolute Gasteiger partial charge is 0.481 e. The molecule has 9 N–H and O–H groups in total. The van der Waals surface area contributed by atoms with Crippen LogP contribution in [0.5, 0.6) is 0 Å². The Balaban J connectivity index is 0.981. The number of carbonyl (C=O) groups is 9. The number of carbonyl (C=O) groups excluding carboxylic acids is 8. The summed E-state index contributed by atoms with van der Waals surface area (Å²) in [5.41, 5.74) is 1.71. The first kappa shape index (κ1) is 49.6. The Hall–Kier alpha value is -5.84. The van der Waals surface area contributed by atoms with Crippen molar-refractivity contribution in [3.8, 4) is 0 Å². The molecular weight excluding hydrogens is 881 g/mol. The number of hydrogen-bond donors (Lipinski definition) is 9. The van der Waals surface area contributed by atoms with Crippen LogP contribution in [0.15, 0.2) is 66.7 Å². The highest BCUT2D eigenvalue weighted by Crippen LogP contribution is 2.33. The fourth-order valence-corrected chi connectivity index (χ4v) is 9.81. The third kappa shape index (κ3) is 13.6. The molecule has 0 radical (unpaired) electrons. The normalized spacial score (nSPS) is 26.8. The maximum absolute atomic E-state index is 13.0. The quantitative estimate of drug-likeness (QED) is 0.0219. The molecule has 4 fully saturated rings. The molecule has 2 aromatic rings. The van der Waals surface area contributed by atoms with Crippen LogP contribution in [-0.2, 0) is 49.6 Å². The van der Waals surface area contributed by atoms with Crippen molar-refractivity contribution in [2.75, 3.05) is 32.0 Å². The Morgan fingerprint density at radius 3 is 2.21 bits per heavy atom. The number of benzene rings is 2. The van der Waals surface area contributed by atoms with Crippen LogP contribution < -0.4 is 31.9 Å². The molecule has 2 aromatic carbocycles. The van der Waals surface area contributed by atoms with Crippen molar-refractivity contribution in [3.05, 3.63) is 83.4 Å². The highest BCUT2D eigenvalue weighted by molar-refractivity contribution is 8.00.